The van der Waals surface area contributed by atoms with Gasteiger partial charge in [0.1, 0.15) is 0 Å². The lowest BCUT2D eigenvalue weighted by Crippen LogP contribution is -2.65. The van der Waals surface area contributed by atoms with E-state index in [-0.39, 0.29) is 73.1 Å². The SMILES string of the molecule is [2H]c1c([2H])c([2H])c2c(c1[2H])c1c([2H])c([2H])c([2H])c([2H])c1n2-c1ccc2c(c1)N(c1ccc(C(C)(C)C)cc1-c1ccccc1)c1cc(-n3c4ccc(C(C)(C)C)cc4c4cc(C(C)(C)C)ccc43)cc3c1B2c1ccc(-n2c4ccc(C(C)(C)C)cc4c4cc(C(C)(C)C)ccc42)cc1C31c2ccccc2Sc2ccccc21. The smallest absolute Gasteiger partial charge is 0.247 e. The summed E-state index contributed by atoms with van der Waals surface area (Å²) in [5, 5.41) is 4.75. The van der Waals surface area contributed by atoms with Crippen LogP contribution in [0.25, 0.3) is 93.6 Å². The van der Waals surface area contributed by atoms with Crippen molar-refractivity contribution >= 4 is 117 Å². The Labute approximate surface area is 634 Å². The van der Waals surface area contributed by atoms with E-state index in [9.17, 15) is 8.22 Å². The molecule has 3 aliphatic heterocycles. The maximum atomic E-state index is 9.89. The molecule has 3 aromatic heterocycles. The molecule has 0 N–H and O–H groups in total. The molecule has 6 heteroatoms. The Hall–Kier alpha value is -10.5. The van der Waals surface area contributed by atoms with Gasteiger partial charge < -0.3 is 18.6 Å². The summed E-state index contributed by atoms with van der Waals surface area (Å²) in [7, 11) is 0. The third kappa shape index (κ3) is 9.80. The van der Waals surface area contributed by atoms with Crippen molar-refractivity contribution in [3.8, 4) is 28.2 Å². The summed E-state index contributed by atoms with van der Waals surface area (Å²) in [6, 6.07) is 79.3. The van der Waals surface area contributed by atoms with Crippen molar-refractivity contribution in [2.75, 3.05) is 4.90 Å². The Morgan fingerprint density at radius 2 is 0.714 bits per heavy atom. The van der Waals surface area contributed by atoms with Crippen LogP contribution in [-0.2, 0) is 32.5 Å². The van der Waals surface area contributed by atoms with E-state index in [4.69, 9.17) is 2.74 Å². The fraction of sp³-hybridized carbons (Fsp3) is 0.212. The lowest BCUT2D eigenvalue weighted by atomic mass is 9.29. The number of benzene rings is 13. The van der Waals surface area contributed by atoms with Crippen LogP contribution >= 0.6 is 11.8 Å². The van der Waals surface area contributed by atoms with Gasteiger partial charge in [-0.3, -0.25) is 0 Å². The molecule has 13 aromatic carbocycles. The molecule has 19 rings (SSSR count). The molecular formula is C99H89BN4S. The minimum absolute atomic E-state index is 0.0211. The molecule has 514 valence electrons. The molecule has 1 spiro atoms. The van der Waals surface area contributed by atoms with Crippen LogP contribution in [0.1, 0.15) is 165 Å². The van der Waals surface area contributed by atoms with E-state index in [1.54, 1.807) is 4.57 Å². The Morgan fingerprint density at radius 3 is 1.21 bits per heavy atom. The Kier molecular flexibility index (Phi) is 12.3. The Morgan fingerprint density at radius 1 is 0.314 bits per heavy atom. The van der Waals surface area contributed by atoms with Crippen molar-refractivity contribution in [3.63, 3.8) is 0 Å². The highest BCUT2D eigenvalue weighted by Gasteiger charge is 2.55. The second-order valence-corrected chi connectivity index (χ2v) is 35.9. The standard InChI is InChI=1S/C99H89BN4S/c1-94(2,3)61-37-46-84(71(51-61)60-27-17-16-18-28-60)104-89-58-67(102-82-33-23-19-29-69(82)70-30-20-24-34-83(70)102)43-45-81(89)100-80-44-42-66(101-85-47-38-62(95(4,5)6)52-72(85)73-53-63(96(7,8)9)39-48-86(73)101)56-78(80)99(76-31-21-25-35-91(76)105-92-36-26-22-32-77(92)99)79-57-68(59-90(104)93(79)100)103-87-49-40-64(97(10,11)12)54-74(87)75-55-65(98(13,14)15)41-50-88(75)103/h16-59H,1-15H3/i19D,20D,23D,24D,29D,30D,33D,34D. The molecule has 0 bridgehead atoms. The highest BCUT2D eigenvalue weighted by molar-refractivity contribution is 7.99. The molecule has 3 aliphatic rings. The minimum Gasteiger partial charge on any atom is -0.311 e. The molecule has 0 radical (unpaired) electrons. The van der Waals surface area contributed by atoms with Crippen LogP contribution in [-0.4, -0.2) is 20.4 Å². The van der Waals surface area contributed by atoms with Crippen molar-refractivity contribution in [2.24, 2.45) is 0 Å². The highest BCUT2D eigenvalue weighted by Crippen LogP contribution is 2.59. The van der Waals surface area contributed by atoms with E-state index in [2.05, 4.69) is 330 Å². The molecule has 0 atom stereocenters. The first kappa shape index (κ1) is 56.9. The summed E-state index contributed by atoms with van der Waals surface area (Å²) in [6.45, 7) is 33.8. The zero-order chi connectivity index (χ0) is 79.3. The van der Waals surface area contributed by atoms with Crippen LogP contribution in [0.4, 0.5) is 17.1 Å². The van der Waals surface area contributed by atoms with Gasteiger partial charge in [0, 0.05) is 76.1 Å². The van der Waals surface area contributed by atoms with Gasteiger partial charge in [-0.05, 0) is 215 Å². The maximum Gasteiger partial charge on any atom is 0.247 e. The van der Waals surface area contributed by atoms with Crippen molar-refractivity contribution in [3.05, 3.63) is 317 Å². The first-order valence-corrected chi connectivity index (χ1v) is 37.9. The first-order chi connectivity index (χ1) is 53.5. The molecule has 16 aromatic rings. The number of nitrogens with zero attached hydrogens (tertiary/aromatic N) is 4. The van der Waals surface area contributed by atoms with Crippen LogP contribution in [0.2, 0.25) is 0 Å². The molecule has 0 unspecified atom stereocenters. The van der Waals surface area contributed by atoms with Gasteiger partial charge in [-0.15, -0.1) is 0 Å². The highest BCUT2D eigenvalue weighted by atomic mass is 32.2. The second-order valence-electron chi connectivity index (χ2n) is 34.8. The average Bonchev–Trinajstić information content (AvgIpc) is 1.70. The Bertz CT molecular complexity index is 6600. The predicted molar refractivity (Wildman–Crippen MR) is 450 cm³/mol. The van der Waals surface area contributed by atoms with Crippen LogP contribution in [0.5, 0.6) is 0 Å². The monoisotopic (exact) mass is 1380 g/mol. The number of para-hydroxylation sites is 2. The molecule has 0 fully saturated rings. The third-order valence-corrected chi connectivity index (χ3v) is 24.3. The lowest BCUT2D eigenvalue weighted by molar-refractivity contribution is 0.590. The average molecular weight is 1390 g/mol. The summed E-state index contributed by atoms with van der Waals surface area (Å²) in [5.74, 6) is 0. The molecule has 0 saturated carbocycles. The first-order valence-electron chi connectivity index (χ1n) is 41.1. The number of rotatable bonds is 5. The zero-order valence-corrected chi connectivity index (χ0v) is 63.4. The molecular weight excluding hydrogens is 1290 g/mol. The zero-order valence-electron chi connectivity index (χ0n) is 70.6. The fourth-order valence-electron chi connectivity index (χ4n) is 17.7. The van der Waals surface area contributed by atoms with E-state index in [0.717, 1.165) is 115 Å². The summed E-state index contributed by atoms with van der Waals surface area (Å²) in [5.41, 5.74) is 23.6. The van der Waals surface area contributed by atoms with Gasteiger partial charge in [0.15, 0.2) is 0 Å². The minimum atomic E-state index is -1.02. The van der Waals surface area contributed by atoms with Crippen LogP contribution in [0.3, 0.4) is 0 Å². The van der Waals surface area contributed by atoms with E-state index in [1.165, 1.54) is 44.2 Å². The van der Waals surface area contributed by atoms with Gasteiger partial charge in [-0.1, -0.05) is 267 Å². The van der Waals surface area contributed by atoms with Gasteiger partial charge in [0.25, 0.3) is 0 Å². The van der Waals surface area contributed by atoms with Gasteiger partial charge in [-0.25, -0.2) is 0 Å². The van der Waals surface area contributed by atoms with Crippen molar-refractivity contribution in [1.29, 1.82) is 0 Å². The molecule has 0 saturated heterocycles. The Balaban J connectivity index is 1.03. The molecule has 6 heterocycles. The molecule has 0 aliphatic carbocycles. The number of anilines is 3. The third-order valence-electron chi connectivity index (χ3n) is 23.2. The number of aromatic nitrogens is 3. The van der Waals surface area contributed by atoms with Crippen molar-refractivity contribution < 1.29 is 11.0 Å². The fourth-order valence-corrected chi connectivity index (χ4v) is 18.9. The number of fused-ring (bicyclic) bond motifs is 19. The quantitative estimate of drug-likeness (QED) is 0.160. The van der Waals surface area contributed by atoms with Crippen molar-refractivity contribution in [2.45, 2.75) is 146 Å². The molecule has 105 heavy (non-hydrogen) atoms. The van der Waals surface area contributed by atoms with Gasteiger partial charge in [-0.2, -0.15) is 0 Å². The maximum absolute atomic E-state index is 9.89. The van der Waals surface area contributed by atoms with Crippen LogP contribution in [0.15, 0.2) is 277 Å². The summed E-state index contributed by atoms with van der Waals surface area (Å²) in [6.07, 6.45) is 0. The van der Waals surface area contributed by atoms with Gasteiger partial charge in [0.2, 0.25) is 6.71 Å². The normalized spacial score (nSPS) is 15.3. The largest absolute Gasteiger partial charge is 0.311 e. The van der Waals surface area contributed by atoms with Gasteiger partial charge in [0.05, 0.1) is 55.2 Å². The number of hydrogen-bond donors (Lipinski definition) is 0. The molecule has 4 nitrogen and oxygen atoms in total. The lowest BCUT2D eigenvalue weighted by Gasteiger charge is -2.51. The topological polar surface area (TPSA) is 18.0 Å². The van der Waals surface area contributed by atoms with E-state index in [1.807, 2.05) is 17.8 Å². The molecule has 0 amide bonds. The van der Waals surface area contributed by atoms with Crippen LogP contribution in [0, 0.1) is 0 Å². The van der Waals surface area contributed by atoms with E-state index in [0.29, 0.717) is 5.69 Å². The van der Waals surface area contributed by atoms with E-state index >= 15 is 0 Å². The second kappa shape index (κ2) is 22.7. The van der Waals surface area contributed by atoms with Crippen molar-refractivity contribution in [1.82, 2.24) is 13.7 Å². The summed E-state index contributed by atoms with van der Waals surface area (Å²) < 4.78 is 82.6. The van der Waals surface area contributed by atoms with Gasteiger partial charge >= 0.3 is 0 Å². The van der Waals surface area contributed by atoms with E-state index < -0.39 is 36.3 Å². The number of hydrogen-bond acceptors (Lipinski definition) is 2. The summed E-state index contributed by atoms with van der Waals surface area (Å²) >= 11 is 1.83. The predicted octanol–water partition coefficient (Wildman–Crippen LogP) is 24.6. The van der Waals surface area contributed by atoms with Crippen LogP contribution < -0.4 is 21.3 Å². The summed E-state index contributed by atoms with van der Waals surface area (Å²) in [4.78, 5) is 4.78.